The van der Waals surface area contributed by atoms with E-state index in [0.717, 1.165) is 11.9 Å². The third-order valence-electron chi connectivity index (χ3n) is 3.42. The van der Waals surface area contributed by atoms with Gasteiger partial charge in [-0.1, -0.05) is 64.2 Å². The highest BCUT2D eigenvalue weighted by Crippen LogP contribution is 2.18. The topological polar surface area (TPSA) is 18.5 Å². The first-order valence-corrected chi connectivity index (χ1v) is 8.23. The smallest absolute Gasteiger partial charge is 0.405 e. The van der Waals surface area contributed by atoms with Crippen LogP contribution in [0.2, 0.25) is 10.0 Å². The summed E-state index contributed by atoms with van der Waals surface area (Å²) in [7, 11) is -0.328. The lowest BCUT2D eigenvalue weighted by molar-refractivity contribution is 0.230. The summed E-state index contributed by atoms with van der Waals surface area (Å²) in [6.07, 6.45) is 2.39. The molecule has 118 valence electrons. The van der Waals surface area contributed by atoms with Crippen LogP contribution in [0.15, 0.2) is 18.2 Å². The molecule has 1 aliphatic rings. The van der Waals surface area contributed by atoms with Crippen molar-refractivity contribution < 1.29 is 9.31 Å². The van der Waals surface area contributed by atoms with Crippen LogP contribution in [-0.4, -0.2) is 19.8 Å². The number of benzene rings is 1. The molecule has 1 aliphatic heterocycles. The molecule has 0 saturated carbocycles. The van der Waals surface area contributed by atoms with E-state index in [4.69, 9.17) is 32.5 Å². The van der Waals surface area contributed by atoms with E-state index >= 15 is 0 Å². The summed E-state index contributed by atoms with van der Waals surface area (Å²) >= 11 is 11.8. The average molecular weight is 331 g/mol. The van der Waals surface area contributed by atoms with Gasteiger partial charge in [0.05, 0.1) is 12.7 Å². The molecule has 0 bridgehead atoms. The van der Waals surface area contributed by atoms with Gasteiger partial charge in [0.1, 0.15) is 0 Å². The maximum atomic E-state index is 5.90. The van der Waals surface area contributed by atoms with E-state index in [2.05, 4.69) is 34.6 Å². The Kier molecular flexibility index (Phi) is 7.56. The van der Waals surface area contributed by atoms with Crippen LogP contribution in [0.3, 0.4) is 0 Å². The first kappa shape index (κ1) is 18.8. The molecule has 1 saturated heterocycles. The fraction of sp³-hybridized carbons (Fsp3) is 0.625. The molecule has 1 heterocycles. The van der Waals surface area contributed by atoms with E-state index in [-0.39, 0.29) is 13.2 Å². The second kappa shape index (κ2) is 8.43. The third kappa shape index (κ3) is 7.05. The maximum absolute atomic E-state index is 5.90. The summed E-state index contributed by atoms with van der Waals surface area (Å²) < 4.78 is 11.2. The van der Waals surface area contributed by atoms with Crippen molar-refractivity contribution >= 4 is 35.8 Å². The normalized spacial score (nSPS) is 18.4. The molecule has 1 atom stereocenters. The molecule has 0 amide bonds. The molecule has 21 heavy (non-hydrogen) atoms. The molecule has 0 N–H and O–H groups in total. The van der Waals surface area contributed by atoms with E-state index < -0.39 is 0 Å². The summed E-state index contributed by atoms with van der Waals surface area (Å²) in [6, 6.07) is 5.32. The number of rotatable bonds is 2. The molecular weight excluding hydrogens is 306 g/mol. The van der Waals surface area contributed by atoms with Crippen LogP contribution < -0.4 is 5.46 Å². The third-order valence-corrected chi connectivity index (χ3v) is 3.86. The fourth-order valence-corrected chi connectivity index (χ4v) is 2.09. The van der Waals surface area contributed by atoms with Crippen molar-refractivity contribution in [2.45, 2.75) is 53.6 Å². The summed E-state index contributed by atoms with van der Waals surface area (Å²) in [5.74, 6) is 0. The van der Waals surface area contributed by atoms with E-state index in [9.17, 15) is 0 Å². The van der Waals surface area contributed by atoms with Gasteiger partial charge in [-0.2, -0.15) is 0 Å². The summed E-state index contributed by atoms with van der Waals surface area (Å²) in [4.78, 5) is 0. The number of hydrogen-bond donors (Lipinski definition) is 0. The van der Waals surface area contributed by atoms with Crippen LogP contribution in [-0.2, 0) is 9.31 Å². The van der Waals surface area contributed by atoms with Crippen LogP contribution in [0.4, 0.5) is 0 Å². The Morgan fingerprint density at radius 2 is 1.67 bits per heavy atom. The Morgan fingerprint density at radius 3 is 2.05 bits per heavy atom. The van der Waals surface area contributed by atoms with Crippen molar-refractivity contribution in [3.63, 3.8) is 0 Å². The van der Waals surface area contributed by atoms with Gasteiger partial charge in [0, 0.05) is 10.0 Å². The molecular formula is C16H25BCl2O2. The van der Waals surface area contributed by atoms with Gasteiger partial charge in [-0.3, -0.25) is 0 Å². The van der Waals surface area contributed by atoms with Crippen LogP contribution in [0.25, 0.3) is 0 Å². The quantitative estimate of drug-likeness (QED) is 0.714. The predicted octanol–water partition coefficient (Wildman–Crippen LogP) is 4.96. The lowest BCUT2D eigenvalue weighted by Crippen LogP contribution is -2.32. The Labute approximate surface area is 139 Å². The monoisotopic (exact) mass is 330 g/mol. The molecule has 1 aromatic carbocycles. The van der Waals surface area contributed by atoms with Gasteiger partial charge in [0.15, 0.2) is 0 Å². The van der Waals surface area contributed by atoms with Gasteiger partial charge >= 0.3 is 7.12 Å². The maximum Gasteiger partial charge on any atom is 0.494 e. The molecule has 0 spiro atoms. The minimum Gasteiger partial charge on any atom is -0.405 e. The van der Waals surface area contributed by atoms with E-state index in [1.165, 1.54) is 6.42 Å². The summed E-state index contributed by atoms with van der Waals surface area (Å²) in [5.41, 5.74) is 1.42. The van der Waals surface area contributed by atoms with Crippen molar-refractivity contribution in [3.8, 4) is 0 Å². The van der Waals surface area contributed by atoms with Crippen molar-refractivity contribution in [1.29, 1.82) is 0 Å². The van der Waals surface area contributed by atoms with Gasteiger partial charge in [-0.05, 0) is 35.5 Å². The summed E-state index contributed by atoms with van der Waals surface area (Å²) in [5, 5.41) is 1.20. The van der Waals surface area contributed by atoms with E-state index in [1.54, 1.807) is 6.07 Å². The number of halogens is 2. The molecule has 1 unspecified atom stereocenters. The van der Waals surface area contributed by atoms with Crippen molar-refractivity contribution in [2.75, 3.05) is 6.61 Å². The second-order valence-electron chi connectivity index (χ2n) is 6.45. The lowest BCUT2D eigenvalue weighted by atomic mass is 9.79. The highest BCUT2D eigenvalue weighted by Gasteiger charge is 2.32. The minimum atomic E-state index is -0.328. The molecule has 0 aromatic heterocycles. The Bertz CT molecular complexity index is 426. The zero-order valence-corrected chi connectivity index (χ0v) is 15.1. The van der Waals surface area contributed by atoms with Crippen LogP contribution in [0, 0.1) is 5.41 Å². The lowest BCUT2D eigenvalue weighted by Gasteiger charge is -2.12. The minimum absolute atomic E-state index is 0.174. The number of hydrogen-bond acceptors (Lipinski definition) is 2. The van der Waals surface area contributed by atoms with Crippen LogP contribution in [0.1, 0.15) is 47.5 Å². The standard InChI is InChI=1S/C10H11BCl2O2.C6H14/c1-2-10-6-14-11(15-10)7-3-8(12)5-9(13)4-7;1-5-6(2,3)4/h3-5,10H,2,6H2,1H3;5H2,1-4H3. The van der Waals surface area contributed by atoms with E-state index in [1.807, 2.05) is 12.1 Å². The largest absolute Gasteiger partial charge is 0.494 e. The Balaban J connectivity index is 0.000000315. The fourth-order valence-electron chi connectivity index (χ4n) is 1.55. The molecule has 1 aromatic rings. The first-order chi connectivity index (χ1) is 9.75. The van der Waals surface area contributed by atoms with Crippen LogP contribution >= 0.6 is 23.2 Å². The first-order valence-electron chi connectivity index (χ1n) is 7.48. The van der Waals surface area contributed by atoms with Gasteiger partial charge in [-0.25, -0.2) is 0 Å². The molecule has 2 nitrogen and oxygen atoms in total. The van der Waals surface area contributed by atoms with Crippen molar-refractivity contribution in [1.82, 2.24) is 0 Å². The van der Waals surface area contributed by atoms with Crippen molar-refractivity contribution in [2.24, 2.45) is 5.41 Å². The Hall–Kier alpha value is -0.215. The highest BCUT2D eigenvalue weighted by molar-refractivity contribution is 6.62. The molecule has 0 aliphatic carbocycles. The van der Waals surface area contributed by atoms with Gasteiger partial charge in [0.25, 0.3) is 0 Å². The van der Waals surface area contributed by atoms with Crippen LogP contribution in [0.5, 0.6) is 0 Å². The highest BCUT2D eigenvalue weighted by atomic mass is 35.5. The molecule has 5 heteroatoms. The van der Waals surface area contributed by atoms with Gasteiger partial charge < -0.3 is 9.31 Å². The molecule has 2 rings (SSSR count). The zero-order valence-electron chi connectivity index (χ0n) is 13.6. The average Bonchev–Trinajstić information content (AvgIpc) is 2.86. The van der Waals surface area contributed by atoms with Gasteiger partial charge in [0.2, 0.25) is 0 Å². The molecule has 1 fully saturated rings. The van der Waals surface area contributed by atoms with Gasteiger partial charge in [-0.15, -0.1) is 0 Å². The summed E-state index contributed by atoms with van der Waals surface area (Å²) in [6.45, 7) is 11.6. The second-order valence-corrected chi connectivity index (χ2v) is 7.32. The zero-order chi connectivity index (χ0) is 16.0. The molecule has 0 radical (unpaired) electrons. The Morgan fingerprint density at radius 1 is 1.14 bits per heavy atom. The predicted molar refractivity (Wildman–Crippen MR) is 92.7 cm³/mol. The van der Waals surface area contributed by atoms with Crippen molar-refractivity contribution in [3.05, 3.63) is 28.2 Å². The van der Waals surface area contributed by atoms with E-state index in [0.29, 0.717) is 22.1 Å². The SMILES string of the molecule is CCC(C)(C)C.CCC1COB(c2cc(Cl)cc(Cl)c2)O1.